The van der Waals surface area contributed by atoms with Crippen molar-refractivity contribution in [3.63, 3.8) is 0 Å². The number of carbonyl (C=O) groups is 3. The van der Waals surface area contributed by atoms with Gasteiger partial charge < -0.3 is 30.3 Å². The fourth-order valence-corrected chi connectivity index (χ4v) is 5.79. The number of carboxylic acids is 1. The second-order valence-electron chi connectivity index (χ2n) is 13.9. The molecule has 0 spiro atoms. The SMILES string of the molecule is CC/C=C\C/C=C\CC(O)/C=C/C=C\C/C=C\CCCC(=O)O[C@H](COC(=O)CCCCCC/C=C\C/C=C\C/C=C\CCCCC)COP(=O)(O)OC[C@H](N)C(=O)O. The molecule has 0 aliphatic heterocycles. The molecule has 4 atom stereocenters. The Morgan fingerprint density at radius 2 is 1.17 bits per heavy atom. The summed E-state index contributed by atoms with van der Waals surface area (Å²) >= 11 is 0. The van der Waals surface area contributed by atoms with Crippen molar-refractivity contribution in [3.8, 4) is 0 Å². The van der Waals surface area contributed by atoms with Gasteiger partial charge in [-0.1, -0.05) is 137 Å². The number of unbranched alkanes of at least 4 members (excludes halogenated alkanes) is 8. The maximum absolute atomic E-state index is 12.6. The molecule has 59 heavy (non-hydrogen) atoms. The third-order valence-corrected chi connectivity index (χ3v) is 9.35. The van der Waals surface area contributed by atoms with Gasteiger partial charge in [0.15, 0.2) is 6.10 Å². The lowest BCUT2D eigenvalue weighted by Gasteiger charge is -2.20. The van der Waals surface area contributed by atoms with Gasteiger partial charge in [0.2, 0.25) is 0 Å². The van der Waals surface area contributed by atoms with Crippen LogP contribution in [-0.4, -0.2) is 71.1 Å². The molecule has 0 saturated carbocycles. The molecule has 0 aliphatic rings. The molecule has 0 radical (unpaired) electrons. The van der Waals surface area contributed by atoms with Gasteiger partial charge in [-0.15, -0.1) is 0 Å². The summed E-state index contributed by atoms with van der Waals surface area (Å²) in [5, 5.41) is 18.9. The van der Waals surface area contributed by atoms with E-state index in [-0.39, 0.29) is 12.8 Å². The molecule has 334 valence electrons. The number of phosphoric ester groups is 1. The van der Waals surface area contributed by atoms with Crippen LogP contribution in [0.4, 0.5) is 0 Å². The molecule has 12 nitrogen and oxygen atoms in total. The lowest BCUT2D eigenvalue weighted by atomic mass is 10.1. The predicted octanol–water partition coefficient (Wildman–Crippen LogP) is 10.2. The monoisotopic (exact) mass is 847 g/mol. The second-order valence-corrected chi connectivity index (χ2v) is 15.4. The van der Waals surface area contributed by atoms with Gasteiger partial charge in [-0.2, -0.15) is 0 Å². The molecule has 13 heteroatoms. The van der Waals surface area contributed by atoms with E-state index in [2.05, 4.69) is 67.0 Å². The minimum absolute atomic E-state index is 0.0398. The highest BCUT2D eigenvalue weighted by Gasteiger charge is 2.28. The molecule has 2 unspecified atom stereocenters. The molecule has 0 aromatic carbocycles. The van der Waals surface area contributed by atoms with Crippen molar-refractivity contribution in [1.82, 2.24) is 0 Å². The number of hydrogen-bond donors (Lipinski definition) is 4. The molecule has 0 heterocycles. The van der Waals surface area contributed by atoms with Gasteiger partial charge in [-0.25, -0.2) is 4.57 Å². The number of rotatable bonds is 38. The summed E-state index contributed by atoms with van der Waals surface area (Å²) < 4.78 is 32.6. The molecule has 0 bridgehead atoms. The zero-order valence-electron chi connectivity index (χ0n) is 35.7. The Morgan fingerprint density at radius 1 is 0.627 bits per heavy atom. The minimum Gasteiger partial charge on any atom is -0.480 e. The van der Waals surface area contributed by atoms with Crippen molar-refractivity contribution in [3.05, 3.63) is 97.2 Å². The Hall–Kier alpha value is -3.64. The van der Waals surface area contributed by atoms with Gasteiger partial charge in [-0.05, 0) is 83.5 Å². The zero-order chi connectivity index (χ0) is 43.7. The van der Waals surface area contributed by atoms with Crippen molar-refractivity contribution in [2.24, 2.45) is 5.73 Å². The Balaban J connectivity index is 4.60. The van der Waals surface area contributed by atoms with Crippen LogP contribution in [0.15, 0.2) is 97.2 Å². The Bertz CT molecular complexity index is 1380. The largest absolute Gasteiger partial charge is 0.480 e. The van der Waals surface area contributed by atoms with E-state index in [0.29, 0.717) is 32.1 Å². The summed E-state index contributed by atoms with van der Waals surface area (Å²) in [7, 11) is -4.76. The van der Waals surface area contributed by atoms with Crippen molar-refractivity contribution in [1.29, 1.82) is 0 Å². The number of allylic oxidation sites excluding steroid dienone is 14. The number of aliphatic hydroxyl groups is 1. The first-order valence-electron chi connectivity index (χ1n) is 21.4. The first-order valence-corrected chi connectivity index (χ1v) is 22.9. The summed E-state index contributed by atoms with van der Waals surface area (Å²) in [5.74, 6) is -2.55. The van der Waals surface area contributed by atoms with Crippen LogP contribution in [0.25, 0.3) is 0 Å². The lowest BCUT2D eigenvalue weighted by Crippen LogP contribution is -2.34. The van der Waals surface area contributed by atoms with Crippen LogP contribution in [0.3, 0.4) is 0 Å². The number of nitrogens with two attached hydrogens (primary N) is 1. The van der Waals surface area contributed by atoms with Gasteiger partial charge in [0.1, 0.15) is 12.6 Å². The standard InChI is InChI=1S/C46H74NO11P/c1-3-5-7-9-11-12-13-14-15-16-17-18-19-20-24-28-32-36-44(49)55-38-42(39-56-59(53,54)57-40-43(47)46(51)52)58-45(50)37-33-29-25-22-21-23-27-31-35-41(48)34-30-26-10-8-6-4-2/h6,8,11-12,14-15,17-18,22-23,25-27,30-31,35,41-43,48H,3-5,7,9-10,13,16,19-21,24,28-29,32-34,36-40,47H2,1-2H3,(H,51,52)(H,53,54)/b8-6-,12-11-,15-14-,18-17-,25-22-,27-23-,30-26-,35-31+/t41?,42-,43+/m1/s1. The number of carboxylic acid groups (broad SMARTS) is 1. The highest BCUT2D eigenvalue weighted by atomic mass is 31.2. The number of aliphatic hydroxyl groups excluding tert-OH is 1. The van der Waals surface area contributed by atoms with Gasteiger partial charge >= 0.3 is 25.7 Å². The average molecular weight is 848 g/mol. The van der Waals surface area contributed by atoms with Crippen LogP contribution in [0.1, 0.15) is 136 Å². The summed E-state index contributed by atoms with van der Waals surface area (Å²) in [6.45, 7) is 2.47. The number of hydrogen-bond acceptors (Lipinski definition) is 10. The molecule has 0 aliphatic carbocycles. The first kappa shape index (κ1) is 55.4. The summed E-state index contributed by atoms with van der Waals surface area (Å²) in [5.41, 5.74) is 5.32. The van der Waals surface area contributed by atoms with E-state index >= 15 is 0 Å². The van der Waals surface area contributed by atoms with Gasteiger partial charge in [0.05, 0.1) is 19.3 Å². The maximum Gasteiger partial charge on any atom is 0.472 e. The van der Waals surface area contributed by atoms with Gasteiger partial charge in [0, 0.05) is 12.8 Å². The highest BCUT2D eigenvalue weighted by molar-refractivity contribution is 7.47. The lowest BCUT2D eigenvalue weighted by molar-refractivity contribution is -0.161. The molecular weight excluding hydrogens is 773 g/mol. The number of phosphoric acid groups is 1. The maximum atomic E-state index is 12.6. The van der Waals surface area contributed by atoms with Crippen LogP contribution in [0.2, 0.25) is 0 Å². The number of aliphatic carboxylic acids is 1. The molecule has 5 N–H and O–H groups in total. The van der Waals surface area contributed by atoms with Crippen LogP contribution in [-0.2, 0) is 37.5 Å². The van der Waals surface area contributed by atoms with Crippen molar-refractivity contribution < 1.29 is 52.6 Å². The quantitative estimate of drug-likeness (QED) is 0.0151. The van der Waals surface area contributed by atoms with E-state index in [1.807, 2.05) is 36.5 Å². The zero-order valence-corrected chi connectivity index (χ0v) is 36.6. The van der Waals surface area contributed by atoms with Crippen LogP contribution < -0.4 is 5.73 Å². The van der Waals surface area contributed by atoms with Crippen molar-refractivity contribution in [2.75, 3.05) is 19.8 Å². The van der Waals surface area contributed by atoms with E-state index in [0.717, 1.165) is 57.8 Å². The molecule has 0 rings (SSSR count). The molecule has 0 amide bonds. The van der Waals surface area contributed by atoms with E-state index in [4.69, 9.17) is 24.8 Å². The van der Waals surface area contributed by atoms with E-state index in [9.17, 15) is 28.9 Å². The molecule has 0 aromatic heterocycles. The van der Waals surface area contributed by atoms with Crippen molar-refractivity contribution >= 4 is 25.7 Å². The van der Waals surface area contributed by atoms with E-state index in [1.165, 1.54) is 19.3 Å². The smallest absolute Gasteiger partial charge is 0.472 e. The summed E-state index contributed by atoms with van der Waals surface area (Å²) in [6.07, 6.45) is 46.5. The van der Waals surface area contributed by atoms with Crippen molar-refractivity contribution in [2.45, 2.75) is 154 Å². The van der Waals surface area contributed by atoms with E-state index in [1.54, 1.807) is 12.2 Å². The van der Waals surface area contributed by atoms with Crippen LogP contribution in [0, 0.1) is 0 Å². The molecule has 0 fully saturated rings. The van der Waals surface area contributed by atoms with Gasteiger partial charge in [-0.3, -0.25) is 23.4 Å². The highest BCUT2D eigenvalue weighted by Crippen LogP contribution is 2.43. The summed E-state index contributed by atoms with van der Waals surface area (Å²) in [4.78, 5) is 45.9. The molecule has 0 saturated heterocycles. The Labute approximate surface area is 354 Å². The third-order valence-electron chi connectivity index (χ3n) is 8.40. The van der Waals surface area contributed by atoms with Crippen LogP contribution >= 0.6 is 7.82 Å². The number of esters is 2. The topological polar surface area (TPSA) is 192 Å². The predicted molar refractivity (Wildman–Crippen MR) is 236 cm³/mol. The van der Waals surface area contributed by atoms with E-state index < -0.39 is 63.8 Å². The molecular formula is C46H74NO11P. The average Bonchev–Trinajstić information content (AvgIpc) is 3.21. The Kier molecular flexibility index (Phi) is 37.3. The number of carbonyl (C=O) groups excluding carboxylic acids is 2. The fourth-order valence-electron chi connectivity index (χ4n) is 5.01. The first-order chi connectivity index (χ1) is 28.5. The van der Waals surface area contributed by atoms with Crippen LogP contribution in [0.5, 0.6) is 0 Å². The Morgan fingerprint density at radius 3 is 1.81 bits per heavy atom. The normalized spacial score (nSPS) is 15.2. The fraction of sp³-hybridized carbons (Fsp3) is 0.587. The third kappa shape index (κ3) is 39.6. The molecule has 0 aromatic rings. The van der Waals surface area contributed by atoms with Gasteiger partial charge in [0.25, 0.3) is 0 Å². The minimum atomic E-state index is -4.76. The number of ether oxygens (including phenoxy) is 2. The second kappa shape index (κ2) is 39.8. The summed E-state index contributed by atoms with van der Waals surface area (Å²) in [6, 6.07) is -1.55.